The van der Waals surface area contributed by atoms with E-state index in [0.717, 1.165) is 31.0 Å². The van der Waals surface area contributed by atoms with E-state index in [1.165, 1.54) is 12.8 Å². The largest absolute Gasteiger partial charge is 0.444 e. The number of aromatic nitrogens is 3. The molecule has 2 N–H and O–H groups in total. The van der Waals surface area contributed by atoms with Gasteiger partial charge in [-0.2, -0.15) is 0 Å². The predicted molar refractivity (Wildman–Crippen MR) is 138 cm³/mol. The minimum absolute atomic E-state index is 0. The number of aliphatic imine (C=N–C) groups is 1. The van der Waals surface area contributed by atoms with Gasteiger partial charge in [0.05, 0.1) is 18.7 Å². The molecule has 0 radical (unpaired) electrons. The van der Waals surface area contributed by atoms with Crippen molar-refractivity contribution >= 4 is 36.0 Å². The van der Waals surface area contributed by atoms with Crippen LogP contribution in [0.15, 0.2) is 4.99 Å². The summed E-state index contributed by atoms with van der Waals surface area (Å²) in [6.07, 6.45) is 3.99. The first-order valence-electron chi connectivity index (χ1n) is 11.6. The van der Waals surface area contributed by atoms with Crippen LogP contribution in [0.3, 0.4) is 0 Å². The number of fused-ring (bicyclic) bond motifs is 1. The van der Waals surface area contributed by atoms with Crippen LogP contribution in [0.25, 0.3) is 0 Å². The first-order valence-corrected chi connectivity index (χ1v) is 11.6. The molecule has 0 saturated carbocycles. The van der Waals surface area contributed by atoms with E-state index in [4.69, 9.17) is 9.47 Å². The second-order valence-electron chi connectivity index (χ2n) is 9.99. The lowest BCUT2D eigenvalue weighted by atomic mass is 10.1. The summed E-state index contributed by atoms with van der Waals surface area (Å²) in [6.45, 7) is 13.3. The number of hydrogen-bond acceptors (Lipinski definition) is 6. The lowest BCUT2D eigenvalue weighted by Gasteiger charge is -2.35. The van der Waals surface area contributed by atoms with Crippen molar-refractivity contribution in [3.05, 3.63) is 11.6 Å². The van der Waals surface area contributed by atoms with Crippen LogP contribution in [-0.4, -0.2) is 68.8 Å². The van der Waals surface area contributed by atoms with Crippen LogP contribution in [0.2, 0.25) is 0 Å². The standard InChI is InChI=1S/C22H39N7O3.HI/c1-15-16(29(22(5,6)31-15)20(30)32-21(2,3)4)13-24-19(23-7)25-14-18-27-26-17-11-9-8-10-12-28(17)18;/h15-16H,8-14H2,1-7H3,(H2,23,24,25);1H. The van der Waals surface area contributed by atoms with E-state index < -0.39 is 11.3 Å². The van der Waals surface area contributed by atoms with Crippen molar-refractivity contribution in [1.29, 1.82) is 0 Å². The summed E-state index contributed by atoms with van der Waals surface area (Å²) in [4.78, 5) is 18.9. The number of nitrogens with one attached hydrogen (secondary N) is 2. The molecule has 2 aliphatic rings. The number of aryl methyl sites for hydroxylation is 1. The highest BCUT2D eigenvalue weighted by Crippen LogP contribution is 2.33. The van der Waals surface area contributed by atoms with Crippen LogP contribution < -0.4 is 10.6 Å². The molecule has 2 atom stereocenters. The number of rotatable bonds is 4. The third-order valence-corrected chi connectivity index (χ3v) is 5.82. The van der Waals surface area contributed by atoms with Gasteiger partial charge in [-0.15, -0.1) is 34.2 Å². The van der Waals surface area contributed by atoms with Crippen molar-refractivity contribution in [3.63, 3.8) is 0 Å². The number of carbonyl (C=O) groups excluding carboxylic acids is 1. The number of halogens is 1. The molecule has 0 bridgehead atoms. The van der Waals surface area contributed by atoms with Gasteiger partial charge in [0.25, 0.3) is 0 Å². The average molecular weight is 578 g/mol. The van der Waals surface area contributed by atoms with Crippen LogP contribution in [0.5, 0.6) is 0 Å². The summed E-state index contributed by atoms with van der Waals surface area (Å²) in [7, 11) is 1.73. The fourth-order valence-corrected chi connectivity index (χ4v) is 4.38. The number of nitrogens with zero attached hydrogens (tertiary/aromatic N) is 5. The Morgan fingerprint density at radius 2 is 1.97 bits per heavy atom. The molecule has 33 heavy (non-hydrogen) atoms. The molecule has 1 aromatic heterocycles. The van der Waals surface area contributed by atoms with Crippen molar-refractivity contribution in [2.24, 2.45) is 4.99 Å². The van der Waals surface area contributed by atoms with Gasteiger partial charge in [-0.3, -0.25) is 9.89 Å². The molecular weight excluding hydrogens is 537 g/mol. The zero-order valence-electron chi connectivity index (χ0n) is 21.0. The normalized spacial score (nSPS) is 22.8. The Hall–Kier alpha value is -1.63. The van der Waals surface area contributed by atoms with E-state index >= 15 is 0 Å². The maximum Gasteiger partial charge on any atom is 0.412 e. The minimum atomic E-state index is -0.760. The fraction of sp³-hybridized carbons (Fsp3) is 0.818. The lowest BCUT2D eigenvalue weighted by molar-refractivity contribution is -0.0755. The Morgan fingerprint density at radius 3 is 2.64 bits per heavy atom. The van der Waals surface area contributed by atoms with E-state index in [0.29, 0.717) is 19.0 Å². The third kappa shape index (κ3) is 6.93. The zero-order valence-corrected chi connectivity index (χ0v) is 23.3. The van der Waals surface area contributed by atoms with Gasteiger partial charge in [-0.1, -0.05) is 6.42 Å². The predicted octanol–water partition coefficient (Wildman–Crippen LogP) is 3.05. The topological polar surface area (TPSA) is 106 Å². The summed E-state index contributed by atoms with van der Waals surface area (Å²) >= 11 is 0. The molecule has 1 aromatic rings. The van der Waals surface area contributed by atoms with Crippen molar-refractivity contribution in [1.82, 2.24) is 30.3 Å². The van der Waals surface area contributed by atoms with E-state index in [2.05, 4.69) is 30.4 Å². The van der Waals surface area contributed by atoms with E-state index in [1.54, 1.807) is 11.9 Å². The Morgan fingerprint density at radius 1 is 1.24 bits per heavy atom. The molecule has 0 spiro atoms. The highest BCUT2D eigenvalue weighted by molar-refractivity contribution is 14.0. The van der Waals surface area contributed by atoms with E-state index in [9.17, 15) is 4.79 Å². The van der Waals surface area contributed by atoms with Crippen LogP contribution in [0.4, 0.5) is 4.79 Å². The molecular formula is C22H40IN7O3. The fourth-order valence-electron chi connectivity index (χ4n) is 4.38. The summed E-state index contributed by atoms with van der Waals surface area (Å²) in [5, 5.41) is 15.4. The lowest BCUT2D eigenvalue weighted by Crippen LogP contribution is -2.54. The molecule has 3 heterocycles. The highest BCUT2D eigenvalue weighted by Gasteiger charge is 2.49. The molecule has 1 amide bonds. The number of hydrogen-bond donors (Lipinski definition) is 2. The zero-order chi connectivity index (χ0) is 23.5. The van der Waals surface area contributed by atoms with Gasteiger partial charge in [0.15, 0.2) is 11.8 Å². The molecule has 3 rings (SSSR count). The molecule has 0 aromatic carbocycles. The molecule has 2 aliphatic heterocycles. The van der Waals surface area contributed by atoms with Gasteiger partial charge in [0, 0.05) is 26.6 Å². The Balaban J connectivity index is 0.00000385. The van der Waals surface area contributed by atoms with Crippen LogP contribution in [0, 0.1) is 0 Å². The maximum absolute atomic E-state index is 12.9. The summed E-state index contributed by atoms with van der Waals surface area (Å²) < 4.78 is 13.9. The minimum Gasteiger partial charge on any atom is -0.444 e. The van der Waals surface area contributed by atoms with Gasteiger partial charge >= 0.3 is 6.09 Å². The quantitative estimate of drug-likeness (QED) is 0.322. The Kier molecular flexibility index (Phi) is 9.37. The number of ether oxygens (including phenoxy) is 2. The van der Waals surface area contributed by atoms with Crippen LogP contribution in [-0.2, 0) is 29.0 Å². The number of guanidine groups is 1. The first-order chi connectivity index (χ1) is 15.0. The van der Waals surface area contributed by atoms with Gasteiger partial charge in [0.2, 0.25) is 0 Å². The molecule has 10 nitrogen and oxygen atoms in total. The van der Waals surface area contributed by atoms with Crippen molar-refractivity contribution < 1.29 is 14.3 Å². The molecule has 0 aliphatic carbocycles. The number of amides is 1. The third-order valence-electron chi connectivity index (χ3n) is 5.82. The van der Waals surface area contributed by atoms with Crippen molar-refractivity contribution in [3.8, 4) is 0 Å². The number of carbonyl (C=O) groups is 1. The first kappa shape index (κ1) is 27.6. The van der Waals surface area contributed by atoms with Gasteiger partial charge in [0.1, 0.15) is 17.2 Å². The van der Waals surface area contributed by atoms with Gasteiger partial charge in [-0.25, -0.2) is 4.79 Å². The van der Waals surface area contributed by atoms with Crippen molar-refractivity contribution in [2.45, 2.75) is 104 Å². The Labute approximate surface area is 214 Å². The van der Waals surface area contributed by atoms with E-state index in [-0.39, 0.29) is 42.2 Å². The Bertz CT molecular complexity index is 834. The summed E-state index contributed by atoms with van der Waals surface area (Å²) in [5.74, 6) is 2.62. The maximum atomic E-state index is 12.9. The van der Waals surface area contributed by atoms with Gasteiger partial charge < -0.3 is 24.7 Å². The highest BCUT2D eigenvalue weighted by atomic mass is 127. The second kappa shape index (κ2) is 11.2. The van der Waals surface area contributed by atoms with Gasteiger partial charge in [-0.05, 0) is 54.4 Å². The monoisotopic (exact) mass is 577 g/mol. The molecule has 11 heteroatoms. The average Bonchev–Trinajstić information content (AvgIpc) is 3.05. The molecule has 1 fully saturated rings. The molecule has 1 saturated heterocycles. The second-order valence-corrected chi connectivity index (χ2v) is 9.99. The van der Waals surface area contributed by atoms with Crippen molar-refractivity contribution in [2.75, 3.05) is 13.6 Å². The summed E-state index contributed by atoms with van der Waals surface area (Å²) in [6, 6.07) is -0.206. The van der Waals surface area contributed by atoms with Crippen LogP contribution in [0.1, 0.15) is 72.5 Å². The molecule has 188 valence electrons. The summed E-state index contributed by atoms with van der Waals surface area (Å²) in [5.41, 5.74) is -1.34. The van der Waals surface area contributed by atoms with Crippen LogP contribution >= 0.6 is 24.0 Å². The van der Waals surface area contributed by atoms with E-state index in [1.807, 2.05) is 41.5 Å². The smallest absolute Gasteiger partial charge is 0.412 e. The molecule has 2 unspecified atom stereocenters. The SMILES string of the molecule is CN=C(NCc1nnc2n1CCCCC2)NCC1C(C)OC(C)(C)N1C(=O)OC(C)(C)C.I.